The smallest absolute Gasteiger partial charge is 0.195 e. The van der Waals surface area contributed by atoms with E-state index in [0.29, 0.717) is 0 Å². The molecule has 0 spiro atoms. The van der Waals surface area contributed by atoms with E-state index in [4.69, 9.17) is 4.98 Å². The Morgan fingerprint density at radius 1 is 1.00 bits per heavy atom. The second-order valence-corrected chi connectivity index (χ2v) is 9.49. The number of likely N-dealkylation sites (N-methyl/N-ethyl adjacent to an activating group) is 1. The fraction of sp³-hybridized carbons (Fsp3) is 0.391. The van der Waals surface area contributed by atoms with Crippen LogP contribution in [0.4, 0.5) is 5.82 Å². The van der Waals surface area contributed by atoms with Crippen LogP contribution in [0.15, 0.2) is 53.7 Å². The molecular formula is C23H30N4O2S. The summed E-state index contributed by atoms with van der Waals surface area (Å²) in [5, 5.41) is 2.37. The van der Waals surface area contributed by atoms with Gasteiger partial charge < -0.3 is 9.80 Å². The number of pyridine rings is 2. The second kappa shape index (κ2) is 9.10. The van der Waals surface area contributed by atoms with Crippen molar-refractivity contribution in [3.8, 4) is 11.3 Å². The van der Waals surface area contributed by atoms with Crippen molar-refractivity contribution in [2.75, 3.05) is 43.4 Å². The topological polar surface area (TPSA) is 66.4 Å². The van der Waals surface area contributed by atoms with Crippen LogP contribution >= 0.6 is 0 Å². The Morgan fingerprint density at radius 3 is 2.37 bits per heavy atom. The molecule has 0 aliphatic carbocycles. The molecule has 0 atom stereocenters. The quantitative estimate of drug-likeness (QED) is 0.617. The maximum absolute atomic E-state index is 12.0. The van der Waals surface area contributed by atoms with Gasteiger partial charge in [0.25, 0.3) is 0 Å². The van der Waals surface area contributed by atoms with E-state index in [1.807, 2.05) is 18.2 Å². The van der Waals surface area contributed by atoms with Crippen molar-refractivity contribution in [1.82, 2.24) is 14.9 Å². The number of fused-ring (bicyclic) bond motifs is 1. The molecular weight excluding hydrogens is 396 g/mol. The predicted octanol–water partition coefficient (Wildman–Crippen LogP) is 3.87. The van der Waals surface area contributed by atoms with Gasteiger partial charge in [-0.1, -0.05) is 45.5 Å². The van der Waals surface area contributed by atoms with Crippen LogP contribution < -0.4 is 4.90 Å². The van der Waals surface area contributed by atoms with Crippen LogP contribution in [-0.4, -0.2) is 61.8 Å². The highest BCUT2D eigenvalue weighted by Crippen LogP contribution is 2.30. The maximum Gasteiger partial charge on any atom is 0.195 e. The number of piperazine rings is 1. The molecule has 0 saturated carbocycles. The van der Waals surface area contributed by atoms with Gasteiger partial charge in [-0.05, 0) is 30.1 Å². The zero-order valence-corrected chi connectivity index (χ0v) is 17.7. The van der Waals surface area contributed by atoms with Crippen molar-refractivity contribution in [2.24, 2.45) is 0 Å². The third-order valence-corrected chi connectivity index (χ3v) is 7.21. The van der Waals surface area contributed by atoms with Gasteiger partial charge in [0.15, 0.2) is 14.9 Å². The van der Waals surface area contributed by atoms with Gasteiger partial charge in [0.2, 0.25) is 0 Å². The number of sulfone groups is 1. The van der Waals surface area contributed by atoms with E-state index in [1.165, 1.54) is 0 Å². The molecule has 1 aliphatic rings. The van der Waals surface area contributed by atoms with E-state index in [9.17, 15) is 8.42 Å². The van der Waals surface area contributed by atoms with Crippen molar-refractivity contribution in [2.45, 2.75) is 26.3 Å². The summed E-state index contributed by atoms with van der Waals surface area (Å²) < 4.78 is 24.1. The number of rotatable bonds is 5. The largest absolute Gasteiger partial charge is 0.354 e. The van der Waals surface area contributed by atoms with E-state index >= 15 is 0 Å². The summed E-state index contributed by atoms with van der Waals surface area (Å²) in [7, 11) is -3.31. The van der Waals surface area contributed by atoms with Gasteiger partial charge in [0, 0.05) is 43.3 Å². The molecule has 1 fully saturated rings. The first-order valence-corrected chi connectivity index (χ1v) is 11.7. The molecule has 7 heteroatoms. The van der Waals surface area contributed by atoms with Gasteiger partial charge in [0.1, 0.15) is 5.82 Å². The zero-order chi connectivity index (χ0) is 20.4. The Kier molecular flexibility index (Phi) is 6.73. The van der Waals surface area contributed by atoms with E-state index in [2.05, 4.69) is 33.8 Å². The first-order valence-electron chi connectivity index (χ1n) is 10.1. The first kappa shape index (κ1) is 22.2. The van der Waals surface area contributed by atoms with Crippen molar-refractivity contribution in [3.05, 3.63) is 48.7 Å². The van der Waals surface area contributed by atoms with Crippen LogP contribution in [0.5, 0.6) is 0 Å². The molecule has 1 saturated heterocycles. The number of benzene rings is 1. The summed E-state index contributed by atoms with van der Waals surface area (Å²) in [6.45, 7) is 8.84. The molecule has 0 amide bonds. The van der Waals surface area contributed by atoms with Crippen LogP contribution in [0, 0.1) is 0 Å². The molecule has 0 unspecified atom stereocenters. The van der Waals surface area contributed by atoms with Crippen molar-refractivity contribution < 1.29 is 8.42 Å². The maximum atomic E-state index is 12.0. The van der Waals surface area contributed by atoms with Crippen LogP contribution in [-0.2, 0) is 9.84 Å². The lowest BCUT2D eigenvalue weighted by molar-refractivity contribution is 0.271. The third kappa shape index (κ3) is 4.32. The third-order valence-electron chi connectivity index (χ3n) is 5.57. The van der Waals surface area contributed by atoms with Gasteiger partial charge >= 0.3 is 0 Å². The van der Waals surface area contributed by atoms with E-state index in [1.54, 1.807) is 25.3 Å². The number of hydrogen-bond donors (Lipinski definition) is 0. The molecule has 0 N–H and O–H groups in total. The molecule has 30 heavy (non-hydrogen) atoms. The Hall–Kier alpha value is -2.51. The molecule has 3 heterocycles. The molecule has 4 rings (SSSR count). The minimum atomic E-state index is -3.31. The number of aromatic nitrogens is 2. The number of hydrogen-bond acceptors (Lipinski definition) is 6. The Balaban J connectivity index is 0.00000256. The molecule has 0 radical (unpaired) electrons. The number of nitrogens with zero attached hydrogens (tertiary/aromatic N) is 4. The monoisotopic (exact) mass is 426 g/mol. The summed E-state index contributed by atoms with van der Waals surface area (Å²) in [4.78, 5) is 14.0. The highest BCUT2D eigenvalue weighted by Gasteiger charge is 2.20. The highest BCUT2D eigenvalue weighted by molar-refractivity contribution is 7.91. The van der Waals surface area contributed by atoms with Gasteiger partial charge in [-0.3, -0.25) is 0 Å². The molecule has 1 aromatic carbocycles. The summed E-state index contributed by atoms with van der Waals surface area (Å²) in [6.07, 6.45) is 1.61. The van der Waals surface area contributed by atoms with E-state index in [-0.39, 0.29) is 18.2 Å². The summed E-state index contributed by atoms with van der Waals surface area (Å²) in [6, 6.07) is 13.7. The van der Waals surface area contributed by atoms with Crippen LogP contribution in [0.2, 0.25) is 0 Å². The minimum absolute atomic E-state index is 0. The lowest BCUT2D eigenvalue weighted by Crippen LogP contribution is -2.46. The molecule has 1 aliphatic heterocycles. The fourth-order valence-corrected chi connectivity index (χ4v) is 4.49. The van der Waals surface area contributed by atoms with E-state index in [0.717, 1.165) is 60.6 Å². The Morgan fingerprint density at radius 2 is 1.73 bits per heavy atom. The van der Waals surface area contributed by atoms with Gasteiger partial charge in [0.05, 0.1) is 11.4 Å². The first-order chi connectivity index (χ1) is 14.0. The van der Waals surface area contributed by atoms with Gasteiger partial charge in [-0.25, -0.2) is 18.4 Å². The van der Waals surface area contributed by atoms with Crippen LogP contribution in [0.1, 0.15) is 21.3 Å². The molecule has 3 aromatic rings. The lowest BCUT2D eigenvalue weighted by atomic mass is 10.1. The average molecular weight is 427 g/mol. The summed E-state index contributed by atoms with van der Waals surface area (Å²) in [5.74, 6) is 1.03. The fourth-order valence-electron chi connectivity index (χ4n) is 3.71. The van der Waals surface area contributed by atoms with Crippen molar-refractivity contribution >= 4 is 26.4 Å². The second-order valence-electron chi connectivity index (χ2n) is 7.26. The SMILES string of the molecule is C.CCN1CCN(c2nc(-c3ccc(S(=O)(=O)CC)nc3)cc3ccccc23)CC1. The lowest BCUT2D eigenvalue weighted by Gasteiger charge is -2.35. The van der Waals surface area contributed by atoms with Crippen LogP contribution in [0.3, 0.4) is 0 Å². The summed E-state index contributed by atoms with van der Waals surface area (Å²) in [5.41, 5.74) is 1.63. The van der Waals surface area contributed by atoms with Gasteiger partial charge in [-0.2, -0.15) is 0 Å². The average Bonchev–Trinajstić information content (AvgIpc) is 2.78. The minimum Gasteiger partial charge on any atom is -0.354 e. The van der Waals surface area contributed by atoms with Crippen molar-refractivity contribution in [3.63, 3.8) is 0 Å². The molecule has 160 valence electrons. The normalized spacial score (nSPS) is 15.2. The molecule has 2 aromatic heterocycles. The zero-order valence-electron chi connectivity index (χ0n) is 16.9. The molecule has 0 bridgehead atoms. The molecule has 6 nitrogen and oxygen atoms in total. The number of anilines is 1. The van der Waals surface area contributed by atoms with E-state index < -0.39 is 9.84 Å². The predicted molar refractivity (Wildman–Crippen MR) is 124 cm³/mol. The van der Waals surface area contributed by atoms with Crippen molar-refractivity contribution in [1.29, 1.82) is 0 Å². The summed E-state index contributed by atoms with van der Waals surface area (Å²) >= 11 is 0. The Labute approximate surface area is 179 Å². The van der Waals surface area contributed by atoms with Gasteiger partial charge in [-0.15, -0.1) is 0 Å². The van der Waals surface area contributed by atoms with Crippen LogP contribution in [0.25, 0.3) is 22.0 Å². The highest BCUT2D eigenvalue weighted by atomic mass is 32.2. The standard InChI is InChI=1S/C22H26N4O2S.CH4/c1-3-25-11-13-26(14-12-25)22-19-8-6-5-7-17(19)15-20(24-22)18-9-10-21(23-16-18)29(27,28)4-2;/h5-10,15-16H,3-4,11-14H2,1-2H3;1H4. The Bertz CT molecular complexity index is 1110.